The average molecular weight is 432 g/mol. The van der Waals surface area contributed by atoms with Crippen LogP contribution in [0.15, 0.2) is 48.5 Å². The van der Waals surface area contributed by atoms with Gasteiger partial charge in [0.1, 0.15) is 16.9 Å². The highest BCUT2D eigenvalue weighted by atomic mass is 16.5. The quantitative estimate of drug-likeness (QED) is 0.453. The summed E-state index contributed by atoms with van der Waals surface area (Å²) in [5.74, 6) is -0.784. The molecule has 8 heteroatoms. The Morgan fingerprint density at radius 3 is 2.28 bits per heavy atom. The topological polar surface area (TPSA) is 109 Å². The van der Waals surface area contributed by atoms with Crippen molar-refractivity contribution in [2.45, 2.75) is 33.3 Å². The van der Waals surface area contributed by atoms with E-state index in [9.17, 15) is 9.59 Å². The Hall–Kier alpha value is -3.94. The van der Waals surface area contributed by atoms with Crippen LogP contribution in [0.3, 0.4) is 0 Å². The lowest BCUT2D eigenvalue weighted by molar-refractivity contribution is 0.0337. The van der Waals surface area contributed by atoms with Gasteiger partial charge in [0.05, 0.1) is 29.3 Å². The predicted molar refractivity (Wildman–Crippen MR) is 122 cm³/mol. The van der Waals surface area contributed by atoms with Crippen LogP contribution in [0.1, 0.15) is 47.9 Å². The molecule has 2 N–H and O–H groups in total. The number of para-hydroxylation sites is 2. The number of nitrogens with two attached hydrogens (primary N) is 1. The Bertz CT molecular complexity index is 1310. The third-order valence-electron chi connectivity index (χ3n) is 5.22. The first-order chi connectivity index (χ1) is 15.4. The molecule has 0 amide bonds. The number of benzene rings is 2. The fourth-order valence-electron chi connectivity index (χ4n) is 3.41. The summed E-state index contributed by atoms with van der Waals surface area (Å²) in [4.78, 5) is 34.4. The molecule has 2 aromatic carbocycles. The maximum Gasteiger partial charge on any atom is 0.344 e. The summed E-state index contributed by atoms with van der Waals surface area (Å²) in [5, 5.41) is 0. The van der Waals surface area contributed by atoms with Gasteiger partial charge in [-0.15, -0.1) is 0 Å². The number of nitrogen functional groups attached to an aromatic ring is 1. The first-order valence-corrected chi connectivity index (χ1v) is 10.5. The van der Waals surface area contributed by atoms with Crippen LogP contribution < -0.4 is 5.73 Å². The number of rotatable bonds is 6. The molecule has 0 saturated carbocycles. The molecule has 4 rings (SSSR count). The molecule has 2 heterocycles. The minimum absolute atomic E-state index is 0.174. The van der Waals surface area contributed by atoms with E-state index in [0.717, 1.165) is 0 Å². The Kier molecular flexibility index (Phi) is 5.77. The average Bonchev–Trinajstić information content (AvgIpc) is 3.08. The molecule has 8 nitrogen and oxygen atoms in total. The highest BCUT2D eigenvalue weighted by Gasteiger charge is 2.27. The summed E-state index contributed by atoms with van der Waals surface area (Å²) in [6.45, 7) is 5.80. The molecule has 0 spiro atoms. The van der Waals surface area contributed by atoms with Crippen molar-refractivity contribution in [2.75, 3.05) is 12.3 Å². The van der Waals surface area contributed by atoms with Crippen LogP contribution in [-0.2, 0) is 9.47 Å². The second-order valence-corrected chi connectivity index (χ2v) is 7.37. The molecule has 0 aliphatic carbocycles. The maximum absolute atomic E-state index is 13.0. The third-order valence-corrected chi connectivity index (χ3v) is 5.22. The summed E-state index contributed by atoms with van der Waals surface area (Å²) in [5.41, 5.74) is 9.80. The van der Waals surface area contributed by atoms with E-state index in [1.807, 2.05) is 38.1 Å². The van der Waals surface area contributed by atoms with Crippen molar-refractivity contribution in [2.24, 2.45) is 0 Å². The highest BCUT2D eigenvalue weighted by molar-refractivity contribution is 6.09. The summed E-state index contributed by atoms with van der Waals surface area (Å²) in [6.07, 6.45) is 0.409. The zero-order valence-electron chi connectivity index (χ0n) is 18.2. The van der Waals surface area contributed by atoms with Crippen molar-refractivity contribution < 1.29 is 19.1 Å². The molecule has 4 aromatic rings. The number of hydrogen-bond donors (Lipinski definition) is 1. The lowest BCUT2D eigenvalue weighted by Gasteiger charge is -2.11. The van der Waals surface area contributed by atoms with E-state index in [1.165, 1.54) is 0 Å². The standard InChI is InChI=1S/C24H24N4O4/c1-4-14(3)32-24(30)19-20-22(27-18-9-7-6-8-17(18)26-20)28(21(19)25)16-12-10-15(11-13-16)23(29)31-5-2/h6-14H,4-5,25H2,1-3H3/t14-/m0/s1. The van der Waals surface area contributed by atoms with Gasteiger partial charge in [0.15, 0.2) is 5.65 Å². The molecule has 0 bridgehead atoms. The van der Waals surface area contributed by atoms with E-state index in [4.69, 9.17) is 20.2 Å². The van der Waals surface area contributed by atoms with Crippen LogP contribution in [0.4, 0.5) is 5.82 Å². The zero-order chi connectivity index (χ0) is 22.8. The maximum atomic E-state index is 13.0. The molecule has 0 saturated heterocycles. The Balaban J connectivity index is 1.92. The van der Waals surface area contributed by atoms with E-state index in [1.54, 1.807) is 35.8 Å². The molecular weight excluding hydrogens is 408 g/mol. The van der Waals surface area contributed by atoms with Crippen LogP contribution in [-0.4, -0.2) is 39.2 Å². The van der Waals surface area contributed by atoms with Gasteiger partial charge in [-0.25, -0.2) is 19.6 Å². The normalized spacial score (nSPS) is 12.1. The fraction of sp³-hybridized carbons (Fsp3) is 0.250. The molecule has 1 atom stereocenters. The zero-order valence-corrected chi connectivity index (χ0v) is 18.2. The van der Waals surface area contributed by atoms with E-state index in [2.05, 4.69) is 4.98 Å². The second-order valence-electron chi connectivity index (χ2n) is 7.37. The number of carbonyl (C=O) groups excluding carboxylic acids is 2. The minimum Gasteiger partial charge on any atom is -0.462 e. The van der Waals surface area contributed by atoms with Gasteiger partial charge in [-0.05, 0) is 56.7 Å². The van der Waals surface area contributed by atoms with Gasteiger partial charge in [-0.2, -0.15) is 0 Å². The highest BCUT2D eigenvalue weighted by Crippen LogP contribution is 2.32. The lowest BCUT2D eigenvalue weighted by atomic mass is 10.2. The number of hydrogen-bond acceptors (Lipinski definition) is 7. The van der Waals surface area contributed by atoms with Crippen LogP contribution in [0.25, 0.3) is 27.9 Å². The van der Waals surface area contributed by atoms with E-state index >= 15 is 0 Å². The van der Waals surface area contributed by atoms with Crippen LogP contribution in [0.5, 0.6) is 0 Å². The van der Waals surface area contributed by atoms with Crippen LogP contribution >= 0.6 is 0 Å². The van der Waals surface area contributed by atoms with Crippen molar-refractivity contribution in [1.29, 1.82) is 0 Å². The van der Waals surface area contributed by atoms with Crippen molar-refractivity contribution in [3.05, 3.63) is 59.7 Å². The van der Waals surface area contributed by atoms with Gasteiger partial charge in [0, 0.05) is 5.69 Å². The lowest BCUT2D eigenvalue weighted by Crippen LogP contribution is -2.15. The number of carbonyl (C=O) groups is 2. The molecule has 0 aliphatic heterocycles. The van der Waals surface area contributed by atoms with Gasteiger partial charge < -0.3 is 15.2 Å². The summed E-state index contributed by atoms with van der Waals surface area (Å²) < 4.78 is 12.2. The van der Waals surface area contributed by atoms with E-state index in [-0.39, 0.29) is 17.5 Å². The Morgan fingerprint density at radius 2 is 1.66 bits per heavy atom. The number of anilines is 1. The predicted octanol–water partition coefficient (Wildman–Crippen LogP) is 4.29. The molecule has 0 aliphatic rings. The summed E-state index contributed by atoms with van der Waals surface area (Å²) >= 11 is 0. The monoisotopic (exact) mass is 432 g/mol. The number of nitrogens with zero attached hydrogens (tertiary/aromatic N) is 3. The summed E-state index contributed by atoms with van der Waals surface area (Å²) in [6, 6.07) is 14.1. The number of aromatic nitrogens is 3. The van der Waals surface area contributed by atoms with Crippen LogP contribution in [0.2, 0.25) is 0 Å². The molecule has 0 fully saturated rings. The smallest absolute Gasteiger partial charge is 0.344 e. The molecule has 32 heavy (non-hydrogen) atoms. The van der Waals surface area contributed by atoms with Crippen LogP contribution in [0, 0.1) is 0 Å². The largest absolute Gasteiger partial charge is 0.462 e. The first kappa shape index (κ1) is 21.3. The second kappa shape index (κ2) is 8.66. The van der Waals surface area contributed by atoms with Gasteiger partial charge in [0.25, 0.3) is 0 Å². The molecule has 2 aromatic heterocycles. The number of esters is 2. The first-order valence-electron chi connectivity index (χ1n) is 10.5. The number of fused-ring (bicyclic) bond motifs is 2. The molecule has 0 unspecified atom stereocenters. The fourth-order valence-corrected chi connectivity index (χ4v) is 3.41. The van der Waals surface area contributed by atoms with Crippen molar-refractivity contribution in [3.8, 4) is 5.69 Å². The van der Waals surface area contributed by atoms with Gasteiger partial charge in [-0.3, -0.25) is 4.57 Å². The number of ether oxygens (including phenoxy) is 2. The Morgan fingerprint density at radius 1 is 1.00 bits per heavy atom. The minimum atomic E-state index is -0.548. The van der Waals surface area contributed by atoms with Gasteiger partial charge in [-0.1, -0.05) is 19.1 Å². The molecule has 164 valence electrons. The molecular formula is C24H24N4O4. The third kappa shape index (κ3) is 3.75. The van der Waals surface area contributed by atoms with Crippen molar-refractivity contribution >= 4 is 40.0 Å². The van der Waals surface area contributed by atoms with Gasteiger partial charge >= 0.3 is 11.9 Å². The summed E-state index contributed by atoms with van der Waals surface area (Å²) in [7, 11) is 0. The van der Waals surface area contributed by atoms with Gasteiger partial charge in [0.2, 0.25) is 0 Å². The van der Waals surface area contributed by atoms with E-state index < -0.39 is 11.9 Å². The van der Waals surface area contributed by atoms with Crippen molar-refractivity contribution in [3.63, 3.8) is 0 Å². The SMILES string of the molecule is CCOC(=O)c1ccc(-n2c(N)c(C(=O)O[C@@H](C)CC)c3nc4ccccc4nc32)cc1. The van der Waals surface area contributed by atoms with E-state index in [0.29, 0.717) is 46.5 Å². The molecule has 0 radical (unpaired) electrons. The Labute approximate surface area is 185 Å². The van der Waals surface area contributed by atoms with Crippen molar-refractivity contribution in [1.82, 2.24) is 14.5 Å².